The molecule has 15 heavy (non-hydrogen) atoms. The zero-order valence-electron chi connectivity index (χ0n) is 8.93. The van der Waals surface area contributed by atoms with Gasteiger partial charge in [0.25, 0.3) is 0 Å². The molecule has 0 aromatic heterocycles. The summed E-state index contributed by atoms with van der Waals surface area (Å²) in [5.74, 6) is -0.539. The molecule has 0 atom stereocenters. The summed E-state index contributed by atoms with van der Waals surface area (Å²) in [5, 5.41) is 2.31. The third-order valence-corrected chi connectivity index (χ3v) is 1.45. The van der Waals surface area contributed by atoms with Crippen LogP contribution in [0.3, 0.4) is 0 Å². The molecule has 0 saturated carbocycles. The second-order valence-corrected chi connectivity index (χ2v) is 4.03. The van der Waals surface area contributed by atoms with E-state index < -0.39 is 17.5 Å². The lowest BCUT2D eigenvalue weighted by Gasteiger charge is -2.19. The van der Waals surface area contributed by atoms with Crippen molar-refractivity contribution in [2.45, 2.75) is 26.4 Å². The van der Waals surface area contributed by atoms with Crippen molar-refractivity contribution in [3.05, 3.63) is 30.1 Å². The van der Waals surface area contributed by atoms with Crippen LogP contribution in [0.5, 0.6) is 0 Å². The Morgan fingerprint density at radius 3 is 2.73 bits per heavy atom. The van der Waals surface area contributed by atoms with Crippen molar-refractivity contribution < 1.29 is 13.9 Å². The van der Waals surface area contributed by atoms with Crippen LogP contribution in [-0.2, 0) is 4.74 Å². The molecule has 0 aliphatic rings. The zero-order chi connectivity index (χ0) is 11.5. The van der Waals surface area contributed by atoms with Gasteiger partial charge in [0.2, 0.25) is 0 Å². The second kappa shape index (κ2) is 4.29. The number of benzene rings is 1. The van der Waals surface area contributed by atoms with Gasteiger partial charge in [-0.15, -0.1) is 0 Å². The summed E-state index contributed by atoms with van der Waals surface area (Å²) in [4.78, 5) is 11.3. The molecule has 0 bridgehead atoms. The van der Waals surface area contributed by atoms with Gasteiger partial charge in [-0.05, 0) is 39.0 Å². The molecule has 81 valence electrons. The van der Waals surface area contributed by atoms with Crippen LogP contribution in [0, 0.1) is 11.9 Å². The molecule has 0 fully saturated rings. The Morgan fingerprint density at radius 2 is 2.20 bits per heavy atom. The molecule has 1 radical (unpaired) electrons. The van der Waals surface area contributed by atoms with Gasteiger partial charge in [0, 0.05) is 0 Å². The SMILES string of the molecule is CC(C)(C)OC(=O)Nc1cc[c]cc1F. The van der Waals surface area contributed by atoms with Crippen molar-refractivity contribution in [3.63, 3.8) is 0 Å². The summed E-state index contributed by atoms with van der Waals surface area (Å²) in [6.07, 6.45) is -0.674. The van der Waals surface area contributed by atoms with E-state index in [2.05, 4.69) is 11.4 Å². The van der Waals surface area contributed by atoms with Gasteiger partial charge in [-0.25, -0.2) is 9.18 Å². The van der Waals surface area contributed by atoms with Crippen LogP contribution in [0.25, 0.3) is 0 Å². The maximum Gasteiger partial charge on any atom is 0.412 e. The molecular formula is C11H13FNO2. The monoisotopic (exact) mass is 210 g/mol. The number of anilines is 1. The summed E-state index contributed by atoms with van der Waals surface area (Å²) in [7, 11) is 0. The summed E-state index contributed by atoms with van der Waals surface area (Å²) in [5.41, 5.74) is -0.510. The molecule has 0 aliphatic heterocycles. The number of hydrogen-bond donors (Lipinski definition) is 1. The quantitative estimate of drug-likeness (QED) is 0.773. The fourth-order valence-corrected chi connectivity index (χ4v) is 0.925. The highest BCUT2D eigenvalue weighted by Crippen LogP contribution is 2.14. The summed E-state index contributed by atoms with van der Waals surface area (Å²) in [6.45, 7) is 5.21. The molecule has 0 heterocycles. The average Bonchev–Trinajstić information content (AvgIpc) is 2.05. The molecule has 1 N–H and O–H groups in total. The highest BCUT2D eigenvalue weighted by Gasteiger charge is 2.16. The van der Waals surface area contributed by atoms with Crippen LogP contribution in [0.2, 0.25) is 0 Å². The summed E-state index contributed by atoms with van der Waals surface area (Å²) < 4.78 is 18.1. The molecule has 1 rings (SSSR count). The lowest BCUT2D eigenvalue weighted by molar-refractivity contribution is 0.0635. The van der Waals surface area contributed by atoms with Gasteiger partial charge in [0.1, 0.15) is 11.4 Å². The van der Waals surface area contributed by atoms with Crippen LogP contribution in [0.15, 0.2) is 18.2 Å². The van der Waals surface area contributed by atoms with Crippen LogP contribution < -0.4 is 5.32 Å². The van der Waals surface area contributed by atoms with E-state index in [0.717, 1.165) is 6.07 Å². The molecule has 0 unspecified atom stereocenters. The standard InChI is InChI=1S/C11H13FNO2/c1-11(2,3)15-10(14)13-9-7-5-4-6-8(9)12/h5-7H,1-3H3,(H,13,14). The first-order valence-electron chi connectivity index (χ1n) is 4.54. The Bertz CT molecular complexity index is 358. The highest BCUT2D eigenvalue weighted by molar-refractivity contribution is 5.84. The van der Waals surface area contributed by atoms with E-state index in [1.807, 2.05) is 0 Å². The zero-order valence-corrected chi connectivity index (χ0v) is 8.93. The van der Waals surface area contributed by atoms with Crippen LogP contribution in [-0.4, -0.2) is 11.7 Å². The smallest absolute Gasteiger partial charge is 0.412 e. The average molecular weight is 210 g/mol. The molecular weight excluding hydrogens is 197 g/mol. The normalized spacial score (nSPS) is 10.9. The van der Waals surface area contributed by atoms with Crippen molar-refractivity contribution in [1.29, 1.82) is 0 Å². The van der Waals surface area contributed by atoms with Gasteiger partial charge >= 0.3 is 6.09 Å². The lowest BCUT2D eigenvalue weighted by Crippen LogP contribution is -2.27. The Balaban J connectivity index is 2.64. The Morgan fingerprint density at radius 1 is 1.53 bits per heavy atom. The van der Waals surface area contributed by atoms with Crippen molar-refractivity contribution in [2.24, 2.45) is 0 Å². The minimum Gasteiger partial charge on any atom is -0.444 e. The van der Waals surface area contributed by atoms with Gasteiger partial charge in [-0.1, -0.05) is 6.07 Å². The fourth-order valence-electron chi connectivity index (χ4n) is 0.925. The number of ether oxygens (including phenoxy) is 1. The van der Waals surface area contributed by atoms with Crippen LogP contribution in [0.4, 0.5) is 14.9 Å². The van der Waals surface area contributed by atoms with Crippen molar-refractivity contribution in [1.82, 2.24) is 0 Å². The van der Waals surface area contributed by atoms with Crippen molar-refractivity contribution >= 4 is 11.8 Å². The van der Waals surface area contributed by atoms with E-state index in [1.165, 1.54) is 12.1 Å². The van der Waals surface area contributed by atoms with E-state index in [1.54, 1.807) is 20.8 Å². The highest BCUT2D eigenvalue weighted by atomic mass is 19.1. The molecule has 1 aromatic carbocycles. The van der Waals surface area contributed by atoms with Crippen LogP contribution >= 0.6 is 0 Å². The number of halogens is 1. The van der Waals surface area contributed by atoms with Crippen molar-refractivity contribution in [3.8, 4) is 0 Å². The first kappa shape index (κ1) is 11.5. The number of carbonyl (C=O) groups is 1. The van der Waals surface area contributed by atoms with E-state index in [9.17, 15) is 9.18 Å². The molecule has 0 saturated heterocycles. The third kappa shape index (κ3) is 3.97. The molecule has 0 aliphatic carbocycles. The van der Waals surface area contributed by atoms with Gasteiger partial charge in [0.05, 0.1) is 5.69 Å². The number of carbonyl (C=O) groups excluding carboxylic acids is 1. The number of hydrogen-bond acceptors (Lipinski definition) is 2. The predicted octanol–water partition coefficient (Wildman–Crippen LogP) is 2.97. The lowest BCUT2D eigenvalue weighted by atomic mass is 10.2. The number of amides is 1. The Labute approximate surface area is 88.2 Å². The van der Waals surface area contributed by atoms with E-state index in [-0.39, 0.29) is 5.69 Å². The minimum atomic E-state index is -0.674. The van der Waals surface area contributed by atoms with E-state index in [0.29, 0.717) is 0 Å². The van der Waals surface area contributed by atoms with Gasteiger partial charge in [-0.3, -0.25) is 5.32 Å². The third-order valence-electron chi connectivity index (χ3n) is 1.45. The Kier molecular flexibility index (Phi) is 3.29. The second-order valence-electron chi connectivity index (χ2n) is 4.03. The number of nitrogens with one attached hydrogen (secondary N) is 1. The van der Waals surface area contributed by atoms with Crippen LogP contribution in [0.1, 0.15) is 20.8 Å². The predicted molar refractivity (Wildman–Crippen MR) is 55.1 cm³/mol. The molecule has 0 spiro atoms. The molecule has 3 nitrogen and oxygen atoms in total. The molecule has 1 aromatic rings. The maximum absolute atomic E-state index is 13.1. The van der Waals surface area contributed by atoms with E-state index >= 15 is 0 Å². The first-order valence-corrected chi connectivity index (χ1v) is 4.54. The summed E-state index contributed by atoms with van der Waals surface area (Å²) in [6, 6.07) is 6.63. The maximum atomic E-state index is 13.1. The van der Waals surface area contributed by atoms with Gasteiger partial charge < -0.3 is 4.74 Å². The largest absolute Gasteiger partial charge is 0.444 e. The Hall–Kier alpha value is -1.58. The number of rotatable bonds is 1. The summed E-state index contributed by atoms with van der Waals surface area (Å²) >= 11 is 0. The van der Waals surface area contributed by atoms with E-state index in [4.69, 9.17) is 4.74 Å². The fraction of sp³-hybridized carbons (Fsp3) is 0.364. The minimum absolute atomic E-state index is 0.0861. The first-order chi connectivity index (χ1) is 6.88. The van der Waals surface area contributed by atoms with Crippen molar-refractivity contribution in [2.75, 3.05) is 5.32 Å². The molecule has 1 amide bonds. The molecule has 4 heteroatoms. The topological polar surface area (TPSA) is 38.3 Å². The van der Waals surface area contributed by atoms with Gasteiger partial charge in [-0.2, -0.15) is 0 Å². The van der Waals surface area contributed by atoms with Gasteiger partial charge in [0.15, 0.2) is 0 Å².